The van der Waals surface area contributed by atoms with E-state index in [1.807, 2.05) is 0 Å². The minimum atomic E-state index is -4.60. The number of nitrogens with zero attached hydrogens (tertiary/aromatic N) is 3. The van der Waals surface area contributed by atoms with Gasteiger partial charge < -0.3 is 5.32 Å². The maximum atomic E-state index is 13.7. The first-order chi connectivity index (χ1) is 11.9. The number of amides is 1. The van der Waals surface area contributed by atoms with Gasteiger partial charge in [0.15, 0.2) is 0 Å². The molecule has 1 aromatic heterocycles. The van der Waals surface area contributed by atoms with Crippen LogP contribution in [0.15, 0.2) is 55.1 Å². The molecule has 3 rings (SSSR count). The normalized spacial score (nSPS) is 11.4. The Labute approximate surface area is 138 Å². The minimum absolute atomic E-state index is 0.162. The number of hydrogen-bond acceptors (Lipinski definition) is 3. The summed E-state index contributed by atoms with van der Waals surface area (Å²) < 4.78 is 53.8. The Bertz CT molecular complexity index is 907. The summed E-state index contributed by atoms with van der Waals surface area (Å²) in [6.07, 6.45) is -2.14. The van der Waals surface area contributed by atoms with Crippen molar-refractivity contribution in [1.82, 2.24) is 14.8 Å². The first-order valence-corrected chi connectivity index (χ1v) is 6.98. The molecule has 0 fully saturated rings. The molecule has 2 aromatic carbocycles. The Balaban J connectivity index is 2.03. The number of anilines is 1. The molecule has 0 spiro atoms. The second-order valence-electron chi connectivity index (χ2n) is 5.00. The number of benzene rings is 2. The molecule has 3 aromatic rings. The summed E-state index contributed by atoms with van der Waals surface area (Å²) >= 11 is 0. The first-order valence-electron chi connectivity index (χ1n) is 6.98. The summed E-state index contributed by atoms with van der Waals surface area (Å²) in [5.41, 5.74) is -1.26. The number of carbonyl (C=O) groups excluding carboxylic acids is 1. The van der Waals surface area contributed by atoms with Gasteiger partial charge in [0, 0.05) is 0 Å². The molecule has 0 atom stereocenters. The van der Waals surface area contributed by atoms with Gasteiger partial charge in [-0.25, -0.2) is 14.1 Å². The van der Waals surface area contributed by atoms with Gasteiger partial charge >= 0.3 is 6.18 Å². The lowest BCUT2D eigenvalue weighted by Gasteiger charge is -2.14. The minimum Gasteiger partial charge on any atom is -0.320 e. The molecule has 1 heterocycles. The average molecular weight is 350 g/mol. The van der Waals surface area contributed by atoms with Crippen molar-refractivity contribution in [3.05, 3.63) is 72.1 Å². The molecular weight excluding hydrogens is 340 g/mol. The number of carbonyl (C=O) groups is 1. The zero-order valence-corrected chi connectivity index (χ0v) is 12.5. The average Bonchev–Trinajstić information content (AvgIpc) is 3.08. The SMILES string of the molecule is O=C(Nc1cc(C(F)(F)F)ccc1-n1cncn1)c1ccccc1F. The van der Waals surface area contributed by atoms with Gasteiger partial charge in [-0.15, -0.1) is 0 Å². The van der Waals surface area contributed by atoms with Gasteiger partial charge in [0.2, 0.25) is 0 Å². The Morgan fingerprint density at radius 1 is 1.12 bits per heavy atom. The van der Waals surface area contributed by atoms with Crippen LogP contribution in [0.1, 0.15) is 15.9 Å². The molecule has 0 saturated heterocycles. The van der Waals surface area contributed by atoms with E-state index in [0.29, 0.717) is 0 Å². The lowest BCUT2D eigenvalue weighted by atomic mass is 10.1. The molecule has 1 amide bonds. The van der Waals surface area contributed by atoms with E-state index in [4.69, 9.17) is 0 Å². The smallest absolute Gasteiger partial charge is 0.320 e. The third kappa shape index (κ3) is 3.49. The third-order valence-electron chi connectivity index (χ3n) is 3.36. The van der Waals surface area contributed by atoms with Crippen LogP contribution >= 0.6 is 0 Å². The second kappa shape index (κ2) is 6.34. The number of halogens is 4. The van der Waals surface area contributed by atoms with Crippen LogP contribution in [-0.4, -0.2) is 20.7 Å². The van der Waals surface area contributed by atoms with Crippen molar-refractivity contribution in [2.75, 3.05) is 5.32 Å². The lowest BCUT2D eigenvalue weighted by molar-refractivity contribution is -0.137. The molecule has 25 heavy (non-hydrogen) atoms. The van der Waals surface area contributed by atoms with E-state index in [1.54, 1.807) is 0 Å². The Morgan fingerprint density at radius 2 is 1.88 bits per heavy atom. The highest BCUT2D eigenvalue weighted by Crippen LogP contribution is 2.33. The highest BCUT2D eigenvalue weighted by molar-refractivity contribution is 6.05. The zero-order valence-electron chi connectivity index (χ0n) is 12.5. The highest BCUT2D eigenvalue weighted by Gasteiger charge is 2.31. The van der Waals surface area contributed by atoms with Crippen molar-refractivity contribution in [3.63, 3.8) is 0 Å². The third-order valence-corrected chi connectivity index (χ3v) is 3.36. The van der Waals surface area contributed by atoms with Gasteiger partial charge in [-0.05, 0) is 30.3 Å². The topological polar surface area (TPSA) is 59.8 Å². The molecule has 0 unspecified atom stereocenters. The lowest BCUT2D eigenvalue weighted by Crippen LogP contribution is -2.16. The number of hydrogen-bond donors (Lipinski definition) is 1. The van der Waals surface area contributed by atoms with Crippen LogP contribution in [0.2, 0.25) is 0 Å². The summed E-state index contributed by atoms with van der Waals surface area (Å²) in [7, 11) is 0. The summed E-state index contributed by atoms with van der Waals surface area (Å²) in [5, 5.41) is 6.14. The molecule has 1 N–H and O–H groups in total. The van der Waals surface area contributed by atoms with Crippen molar-refractivity contribution in [1.29, 1.82) is 0 Å². The number of aromatic nitrogens is 3. The van der Waals surface area contributed by atoms with Crippen LogP contribution in [0.5, 0.6) is 0 Å². The van der Waals surface area contributed by atoms with Crippen LogP contribution in [0, 0.1) is 5.82 Å². The van der Waals surface area contributed by atoms with E-state index in [9.17, 15) is 22.4 Å². The molecular formula is C16H10F4N4O. The quantitative estimate of drug-likeness (QED) is 0.733. The predicted octanol–water partition coefficient (Wildman–Crippen LogP) is 3.68. The number of alkyl halides is 3. The van der Waals surface area contributed by atoms with Crippen molar-refractivity contribution >= 4 is 11.6 Å². The van der Waals surface area contributed by atoms with Gasteiger partial charge in [-0.3, -0.25) is 4.79 Å². The zero-order chi connectivity index (χ0) is 18.0. The molecule has 128 valence electrons. The number of nitrogens with one attached hydrogen (secondary N) is 1. The molecule has 0 aliphatic heterocycles. The van der Waals surface area contributed by atoms with E-state index in [2.05, 4.69) is 15.4 Å². The van der Waals surface area contributed by atoms with E-state index >= 15 is 0 Å². The highest BCUT2D eigenvalue weighted by atomic mass is 19.4. The monoisotopic (exact) mass is 350 g/mol. The van der Waals surface area contributed by atoms with E-state index < -0.39 is 23.5 Å². The van der Waals surface area contributed by atoms with Crippen LogP contribution in [0.4, 0.5) is 23.2 Å². The molecule has 9 heteroatoms. The molecule has 0 saturated carbocycles. The fourth-order valence-corrected chi connectivity index (χ4v) is 2.18. The summed E-state index contributed by atoms with van der Waals surface area (Å²) in [5.74, 6) is -1.66. The summed E-state index contributed by atoms with van der Waals surface area (Å²) in [4.78, 5) is 16.0. The fourth-order valence-electron chi connectivity index (χ4n) is 2.18. The van der Waals surface area contributed by atoms with E-state index in [0.717, 1.165) is 24.3 Å². The summed E-state index contributed by atoms with van der Waals surface area (Å²) in [6, 6.07) is 7.92. The van der Waals surface area contributed by atoms with Crippen LogP contribution in [0.3, 0.4) is 0 Å². The van der Waals surface area contributed by atoms with Crippen LogP contribution < -0.4 is 5.32 Å². The Kier molecular flexibility index (Phi) is 4.22. The van der Waals surface area contributed by atoms with Crippen molar-refractivity contribution < 1.29 is 22.4 Å². The maximum absolute atomic E-state index is 13.7. The predicted molar refractivity (Wildman–Crippen MR) is 80.7 cm³/mol. The van der Waals surface area contributed by atoms with Gasteiger partial charge in [0.25, 0.3) is 5.91 Å². The van der Waals surface area contributed by atoms with E-state index in [1.165, 1.54) is 35.5 Å². The van der Waals surface area contributed by atoms with Gasteiger partial charge in [0.1, 0.15) is 18.5 Å². The van der Waals surface area contributed by atoms with Crippen molar-refractivity contribution in [2.45, 2.75) is 6.18 Å². The molecule has 0 aliphatic carbocycles. The second-order valence-corrected chi connectivity index (χ2v) is 5.00. The van der Waals surface area contributed by atoms with Gasteiger partial charge in [-0.2, -0.15) is 18.3 Å². The van der Waals surface area contributed by atoms with Crippen molar-refractivity contribution in [2.24, 2.45) is 0 Å². The largest absolute Gasteiger partial charge is 0.416 e. The van der Waals surface area contributed by atoms with Crippen LogP contribution in [0.25, 0.3) is 5.69 Å². The standard InChI is InChI=1S/C16H10F4N4O/c17-12-4-2-1-3-11(12)15(25)23-13-7-10(16(18,19)20)5-6-14(13)24-9-21-8-22-24/h1-9H,(H,23,25). The molecule has 0 radical (unpaired) electrons. The molecule has 0 bridgehead atoms. The Morgan fingerprint density at radius 3 is 2.52 bits per heavy atom. The van der Waals surface area contributed by atoms with Crippen molar-refractivity contribution in [3.8, 4) is 5.69 Å². The van der Waals surface area contributed by atoms with Crippen LogP contribution in [-0.2, 0) is 6.18 Å². The maximum Gasteiger partial charge on any atom is 0.416 e. The fraction of sp³-hybridized carbons (Fsp3) is 0.0625. The molecule has 0 aliphatic rings. The van der Waals surface area contributed by atoms with Gasteiger partial charge in [0.05, 0.1) is 22.5 Å². The van der Waals surface area contributed by atoms with Gasteiger partial charge in [-0.1, -0.05) is 12.1 Å². The van der Waals surface area contributed by atoms with E-state index in [-0.39, 0.29) is 16.9 Å². The molecule has 5 nitrogen and oxygen atoms in total. The number of rotatable bonds is 3. The Hall–Kier alpha value is -3.23. The first kappa shape index (κ1) is 16.6. The summed E-state index contributed by atoms with van der Waals surface area (Å²) in [6.45, 7) is 0.